The maximum atomic E-state index is 13.5. The largest absolute Gasteiger partial charge is 0.497 e. The Hall–Kier alpha value is -2.82. The fourth-order valence-electron chi connectivity index (χ4n) is 1.99. The van der Waals surface area contributed by atoms with Crippen LogP contribution in [0.15, 0.2) is 59.1 Å². The number of rotatable bonds is 5. The van der Waals surface area contributed by atoms with Gasteiger partial charge in [-0.15, -0.1) is 0 Å². The van der Waals surface area contributed by atoms with E-state index in [1.807, 2.05) is 24.3 Å². The Bertz CT molecular complexity index is 753. The topological polar surface area (TPSA) is 44.5 Å². The number of para-hydroxylation sites is 1. The summed E-state index contributed by atoms with van der Waals surface area (Å²) in [5.74, 6) is 1.08. The molecule has 0 radical (unpaired) electrons. The zero-order valence-electron chi connectivity index (χ0n) is 12.0. The molecule has 0 saturated carbocycles. The second-order valence-electron chi connectivity index (χ2n) is 4.63. The standard InChI is InChI=1S/C17H14FNO3/c1-20-13-8-6-12(7-9-13)16-10-14(22-19-16)11-21-17-5-3-2-4-15(17)18/h2-10H,11H2,1H3. The van der Waals surface area contributed by atoms with Crippen LogP contribution >= 0.6 is 0 Å². The second-order valence-corrected chi connectivity index (χ2v) is 4.63. The molecule has 112 valence electrons. The Labute approximate surface area is 127 Å². The molecule has 0 amide bonds. The third kappa shape index (κ3) is 3.09. The summed E-state index contributed by atoms with van der Waals surface area (Å²) in [6.07, 6.45) is 0. The lowest BCUT2D eigenvalue weighted by atomic mass is 10.1. The molecular formula is C17H14FNO3. The van der Waals surface area contributed by atoms with Crippen molar-refractivity contribution in [2.45, 2.75) is 6.61 Å². The maximum absolute atomic E-state index is 13.5. The van der Waals surface area contributed by atoms with Gasteiger partial charge < -0.3 is 14.0 Å². The van der Waals surface area contributed by atoms with E-state index < -0.39 is 5.82 Å². The first-order valence-electron chi connectivity index (χ1n) is 6.73. The molecule has 0 saturated heterocycles. The van der Waals surface area contributed by atoms with Crippen molar-refractivity contribution in [3.63, 3.8) is 0 Å². The number of methoxy groups -OCH3 is 1. The van der Waals surface area contributed by atoms with Crippen molar-refractivity contribution in [1.82, 2.24) is 5.16 Å². The quantitative estimate of drug-likeness (QED) is 0.712. The van der Waals surface area contributed by atoms with E-state index in [1.54, 1.807) is 31.4 Å². The first-order valence-corrected chi connectivity index (χ1v) is 6.73. The van der Waals surface area contributed by atoms with Gasteiger partial charge in [0, 0.05) is 11.6 Å². The van der Waals surface area contributed by atoms with Crippen molar-refractivity contribution in [2.24, 2.45) is 0 Å². The molecule has 0 bridgehead atoms. The van der Waals surface area contributed by atoms with Crippen LogP contribution in [0, 0.1) is 5.82 Å². The summed E-state index contributed by atoms with van der Waals surface area (Å²) in [7, 11) is 1.61. The van der Waals surface area contributed by atoms with Gasteiger partial charge in [-0.1, -0.05) is 17.3 Å². The van der Waals surface area contributed by atoms with E-state index in [2.05, 4.69) is 5.16 Å². The molecule has 0 N–H and O–H groups in total. The van der Waals surface area contributed by atoms with Crippen molar-refractivity contribution < 1.29 is 18.4 Å². The summed E-state index contributed by atoms with van der Waals surface area (Å²) in [6.45, 7) is 0.115. The predicted octanol–water partition coefficient (Wildman–Crippen LogP) is 4.07. The van der Waals surface area contributed by atoms with Crippen LogP contribution in [0.3, 0.4) is 0 Å². The van der Waals surface area contributed by atoms with Crippen molar-refractivity contribution in [3.8, 4) is 22.8 Å². The van der Waals surface area contributed by atoms with Gasteiger partial charge in [-0.25, -0.2) is 4.39 Å². The Balaban J connectivity index is 1.69. The number of nitrogens with zero attached hydrogens (tertiary/aromatic N) is 1. The van der Waals surface area contributed by atoms with Crippen LogP contribution in [0.4, 0.5) is 4.39 Å². The highest BCUT2D eigenvalue weighted by atomic mass is 19.1. The van der Waals surface area contributed by atoms with Gasteiger partial charge in [0.25, 0.3) is 0 Å². The van der Waals surface area contributed by atoms with Crippen LogP contribution in [0.1, 0.15) is 5.76 Å². The van der Waals surface area contributed by atoms with Crippen molar-refractivity contribution in [1.29, 1.82) is 0 Å². The Kier molecular flexibility index (Phi) is 4.05. The van der Waals surface area contributed by atoms with Crippen molar-refractivity contribution >= 4 is 0 Å². The molecule has 22 heavy (non-hydrogen) atoms. The summed E-state index contributed by atoms with van der Waals surface area (Å²) in [6, 6.07) is 15.5. The average molecular weight is 299 g/mol. The lowest BCUT2D eigenvalue weighted by Crippen LogP contribution is -1.95. The third-order valence-corrected chi connectivity index (χ3v) is 3.15. The SMILES string of the molecule is COc1ccc(-c2cc(COc3ccccc3F)on2)cc1. The fourth-order valence-corrected chi connectivity index (χ4v) is 1.99. The highest BCUT2D eigenvalue weighted by Crippen LogP contribution is 2.23. The van der Waals surface area contributed by atoms with Crippen LogP contribution in [0.2, 0.25) is 0 Å². The van der Waals surface area contributed by atoms with Gasteiger partial charge in [0.1, 0.15) is 18.1 Å². The number of benzene rings is 2. The fraction of sp³-hybridized carbons (Fsp3) is 0.118. The molecule has 1 aromatic heterocycles. The third-order valence-electron chi connectivity index (χ3n) is 3.15. The summed E-state index contributed by atoms with van der Waals surface area (Å²) < 4.78 is 29.1. The van der Waals surface area contributed by atoms with Crippen LogP contribution in [0.25, 0.3) is 11.3 Å². The Morgan fingerprint density at radius 1 is 1.09 bits per heavy atom. The monoisotopic (exact) mass is 299 g/mol. The summed E-state index contributed by atoms with van der Waals surface area (Å²) >= 11 is 0. The molecule has 0 aliphatic heterocycles. The van der Waals surface area contributed by atoms with E-state index in [9.17, 15) is 4.39 Å². The maximum Gasteiger partial charge on any atom is 0.174 e. The zero-order valence-corrected chi connectivity index (χ0v) is 12.0. The molecule has 5 heteroatoms. The lowest BCUT2D eigenvalue weighted by Gasteiger charge is -2.03. The molecule has 3 aromatic rings. The minimum atomic E-state index is -0.405. The van der Waals surface area contributed by atoms with Crippen LogP contribution in [-0.2, 0) is 6.61 Å². The molecule has 0 aliphatic carbocycles. The van der Waals surface area contributed by atoms with Gasteiger partial charge in [0.15, 0.2) is 17.3 Å². The van der Waals surface area contributed by atoms with Crippen LogP contribution < -0.4 is 9.47 Å². The smallest absolute Gasteiger partial charge is 0.174 e. The van der Waals surface area contributed by atoms with E-state index in [4.69, 9.17) is 14.0 Å². The van der Waals surface area contributed by atoms with Gasteiger partial charge in [-0.05, 0) is 36.4 Å². The summed E-state index contributed by atoms with van der Waals surface area (Å²) in [5, 5.41) is 3.99. The molecule has 3 rings (SSSR count). The van der Waals surface area contributed by atoms with Crippen LogP contribution in [0.5, 0.6) is 11.5 Å². The molecular weight excluding hydrogens is 285 g/mol. The molecule has 0 aliphatic rings. The molecule has 1 heterocycles. The number of aromatic nitrogens is 1. The summed E-state index contributed by atoms with van der Waals surface area (Å²) in [5.41, 5.74) is 1.59. The predicted molar refractivity (Wildman–Crippen MR) is 79.2 cm³/mol. The molecule has 4 nitrogen and oxygen atoms in total. The molecule has 0 atom stereocenters. The minimum absolute atomic E-state index is 0.115. The molecule has 0 unspecified atom stereocenters. The Morgan fingerprint density at radius 3 is 2.59 bits per heavy atom. The number of hydrogen-bond donors (Lipinski definition) is 0. The highest BCUT2D eigenvalue weighted by Gasteiger charge is 2.09. The Morgan fingerprint density at radius 2 is 1.86 bits per heavy atom. The number of ether oxygens (including phenoxy) is 2. The minimum Gasteiger partial charge on any atom is -0.497 e. The van der Waals surface area contributed by atoms with Crippen molar-refractivity contribution in [3.05, 3.63) is 66.2 Å². The van der Waals surface area contributed by atoms with Gasteiger partial charge >= 0.3 is 0 Å². The molecule has 0 spiro atoms. The average Bonchev–Trinajstić information content (AvgIpc) is 3.03. The van der Waals surface area contributed by atoms with E-state index in [0.717, 1.165) is 11.3 Å². The van der Waals surface area contributed by atoms with Gasteiger partial charge in [0.2, 0.25) is 0 Å². The van der Waals surface area contributed by atoms with E-state index in [-0.39, 0.29) is 12.4 Å². The molecule has 2 aromatic carbocycles. The first kappa shape index (κ1) is 14.1. The van der Waals surface area contributed by atoms with E-state index in [0.29, 0.717) is 11.5 Å². The summed E-state index contributed by atoms with van der Waals surface area (Å²) in [4.78, 5) is 0. The first-order chi connectivity index (χ1) is 10.8. The van der Waals surface area contributed by atoms with E-state index in [1.165, 1.54) is 6.07 Å². The molecule has 0 fully saturated rings. The van der Waals surface area contributed by atoms with Crippen molar-refractivity contribution in [2.75, 3.05) is 7.11 Å². The van der Waals surface area contributed by atoms with Gasteiger partial charge in [-0.2, -0.15) is 0 Å². The second kappa shape index (κ2) is 6.30. The van der Waals surface area contributed by atoms with Crippen LogP contribution in [-0.4, -0.2) is 12.3 Å². The number of halogens is 1. The van der Waals surface area contributed by atoms with E-state index >= 15 is 0 Å². The highest BCUT2D eigenvalue weighted by molar-refractivity contribution is 5.59. The van der Waals surface area contributed by atoms with Gasteiger partial charge in [-0.3, -0.25) is 0 Å². The lowest BCUT2D eigenvalue weighted by molar-refractivity contribution is 0.240. The zero-order chi connectivity index (χ0) is 15.4. The van der Waals surface area contributed by atoms with Gasteiger partial charge in [0.05, 0.1) is 7.11 Å². The normalized spacial score (nSPS) is 10.5. The number of hydrogen-bond acceptors (Lipinski definition) is 4.